The highest BCUT2D eigenvalue weighted by atomic mass is 16.1. The van der Waals surface area contributed by atoms with Gasteiger partial charge in [-0.25, -0.2) is 0 Å². The molecule has 0 spiro atoms. The molecule has 0 radical (unpaired) electrons. The van der Waals surface area contributed by atoms with Gasteiger partial charge in [-0.05, 0) is 12.8 Å². The van der Waals surface area contributed by atoms with E-state index in [0.717, 1.165) is 25.6 Å². The summed E-state index contributed by atoms with van der Waals surface area (Å²) >= 11 is 0. The van der Waals surface area contributed by atoms with E-state index in [1.807, 2.05) is 0 Å². The molecule has 1 saturated carbocycles. The van der Waals surface area contributed by atoms with Gasteiger partial charge in [-0.15, -0.1) is 0 Å². The van der Waals surface area contributed by atoms with Crippen LogP contribution in [0.4, 0.5) is 0 Å². The number of carbonyl (C=O) groups is 1. The van der Waals surface area contributed by atoms with Crippen LogP contribution in [0, 0.1) is 5.92 Å². The lowest BCUT2D eigenvalue weighted by Crippen LogP contribution is -2.45. The average Bonchev–Trinajstić information content (AvgIpc) is 2.22. The van der Waals surface area contributed by atoms with E-state index >= 15 is 0 Å². The second kappa shape index (κ2) is 5.81. The molecular formula is C14H25NO. The number of hydrogen-bond donors (Lipinski definition) is 0. The lowest BCUT2D eigenvalue weighted by molar-refractivity contribution is -0.126. The Morgan fingerprint density at radius 1 is 1.06 bits per heavy atom. The molecule has 0 aromatic heterocycles. The van der Waals surface area contributed by atoms with Gasteiger partial charge in [0.25, 0.3) is 0 Å². The quantitative estimate of drug-likeness (QED) is 0.681. The monoisotopic (exact) mass is 223 g/mol. The van der Waals surface area contributed by atoms with Crippen LogP contribution >= 0.6 is 0 Å². The Morgan fingerprint density at radius 2 is 1.69 bits per heavy atom. The minimum atomic E-state index is 0.277. The van der Waals surface area contributed by atoms with Gasteiger partial charge in [-0.3, -0.25) is 9.69 Å². The van der Waals surface area contributed by atoms with Gasteiger partial charge in [0.1, 0.15) is 5.78 Å². The molecule has 0 aromatic rings. The summed E-state index contributed by atoms with van der Waals surface area (Å²) in [6.45, 7) is 4.13. The SMILES string of the molecule is CC1CN(C2CCCCCCC2)CCC1=O. The van der Waals surface area contributed by atoms with Crippen molar-refractivity contribution in [2.45, 2.75) is 64.3 Å². The summed E-state index contributed by atoms with van der Waals surface area (Å²) in [5.41, 5.74) is 0. The topological polar surface area (TPSA) is 20.3 Å². The molecule has 1 aliphatic carbocycles. The summed E-state index contributed by atoms with van der Waals surface area (Å²) in [6.07, 6.45) is 10.6. The van der Waals surface area contributed by atoms with Crippen LogP contribution in [-0.4, -0.2) is 29.8 Å². The van der Waals surface area contributed by atoms with E-state index in [1.54, 1.807) is 0 Å². The smallest absolute Gasteiger partial charge is 0.138 e. The molecule has 16 heavy (non-hydrogen) atoms. The fourth-order valence-corrected chi connectivity index (χ4v) is 3.18. The van der Waals surface area contributed by atoms with E-state index in [-0.39, 0.29) is 5.92 Å². The normalized spacial score (nSPS) is 31.1. The first kappa shape index (κ1) is 12.1. The molecule has 0 N–H and O–H groups in total. The molecule has 2 aliphatic rings. The van der Waals surface area contributed by atoms with Gasteiger partial charge in [0.05, 0.1) is 0 Å². The lowest BCUT2D eigenvalue weighted by atomic mass is 9.91. The Hall–Kier alpha value is -0.370. The number of piperidine rings is 1. The van der Waals surface area contributed by atoms with Crippen molar-refractivity contribution in [1.82, 2.24) is 4.90 Å². The van der Waals surface area contributed by atoms with Crippen molar-refractivity contribution in [2.75, 3.05) is 13.1 Å². The zero-order chi connectivity index (χ0) is 11.4. The molecule has 1 unspecified atom stereocenters. The maximum Gasteiger partial charge on any atom is 0.138 e. The van der Waals surface area contributed by atoms with Crippen LogP contribution in [0.2, 0.25) is 0 Å². The van der Waals surface area contributed by atoms with Crippen LogP contribution in [0.25, 0.3) is 0 Å². The van der Waals surface area contributed by atoms with Crippen LogP contribution in [-0.2, 0) is 4.79 Å². The lowest BCUT2D eigenvalue weighted by Gasteiger charge is -2.37. The van der Waals surface area contributed by atoms with Crippen molar-refractivity contribution in [1.29, 1.82) is 0 Å². The number of nitrogens with zero attached hydrogens (tertiary/aromatic N) is 1. The van der Waals surface area contributed by atoms with E-state index < -0.39 is 0 Å². The second-order valence-electron chi connectivity index (χ2n) is 5.61. The first-order chi connectivity index (χ1) is 7.77. The van der Waals surface area contributed by atoms with E-state index in [1.165, 1.54) is 44.9 Å². The molecule has 2 fully saturated rings. The molecule has 0 aromatic carbocycles. The maximum atomic E-state index is 11.5. The number of ketones is 1. The standard InChI is InChI=1S/C14H25NO/c1-12-11-15(10-9-14(12)16)13-7-5-3-2-4-6-8-13/h12-13H,2-11H2,1H3. The first-order valence-electron chi connectivity index (χ1n) is 7.04. The van der Waals surface area contributed by atoms with Gasteiger partial charge in [0.15, 0.2) is 0 Å². The highest BCUT2D eigenvalue weighted by molar-refractivity contribution is 5.81. The van der Waals surface area contributed by atoms with Crippen LogP contribution in [0.1, 0.15) is 58.3 Å². The van der Waals surface area contributed by atoms with Gasteiger partial charge in [0.2, 0.25) is 0 Å². The number of likely N-dealkylation sites (tertiary alicyclic amines) is 1. The highest BCUT2D eigenvalue weighted by Gasteiger charge is 2.28. The van der Waals surface area contributed by atoms with Crippen molar-refractivity contribution in [3.63, 3.8) is 0 Å². The summed E-state index contributed by atoms with van der Waals surface area (Å²) in [6, 6.07) is 0.774. The van der Waals surface area contributed by atoms with Crippen LogP contribution in [0.5, 0.6) is 0 Å². The Morgan fingerprint density at radius 3 is 2.31 bits per heavy atom. The average molecular weight is 223 g/mol. The third-order valence-electron chi connectivity index (χ3n) is 4.29. The molecule has 92 valence electrons. The maximum absolute atomic E-state index is 11.5. The molecule has 2 nitrogen and oxygen atoms in total. The summed E-state index contributed by atoms with van der Waals surface area (Å²) in [4.78, 5) is 14.1. The summed E-state index contributed by atoms with van der Waals surface area (Å²) < 4.78 is 0. The predicted octanol–water partition coefficient (Wildman–Crippen LogP) is 3.01. The van der Waals surface area contributed by atoms with Crippen LogP contribution in [0.15, 0.2) is 0 Å². The second-order valence-corrected chi connectivity index (χ2v) is 5.61. The highest BCUT2D eigenvalue weighted by Crippen LogP contribution is 2.24. The molecule has 2 rings (SSSR count). The van der Waals surface area contributed by atoms with Crippen molar-refractivity contribution in [2.24, 2.45) is 5.92 Å². The van der Waals surface area contributed by atoms with Gasteiger partial charge < -0.3 is 0 Å². The molecular weight excluding hydrogens is 198 g/mol. The van der Waals surface area contributed by atoms with Crippen molar-refractivity contribution < 1.29 is 4.79 Å². The fraction of sp³-hybridized carbons (Fsp3) is 0.929. The Labute approximate surface area is 99.4 Å². The molecule has 1 atom stereocenters. The number of rotatable bonds is 1. The zero-order valence-corrected chi connectivity index (χ0v) is 10.6. The fourth-order valence-electron chi connectivity index (χ4n) is 3.18. The predicted molar refractivity (Wildman–Crippen MR) is 66.5 cm³/mol. The summed E-state index contributed by atoms with van der Waals surface area (Å²) in [5, 5.41) is 0. The Balaban J connectivity index is 1.87. The minimum Gasteiger partial charge on any atom is -0.299 e. The number of carbonyl (C=O) groups excluding carboxylic acids is 1. The molecule has 1 heterocycles. The number of Topliss-reactive ketones (excluding diaryl/α,β-unsaturated/α-hetero) is 1. The van der Waals surface area contributed by atoms with E-state index in [0.29, 0.717) is 5.78 Å². The molecule has 1 saturated heterocycles. The largest absolute Gasteiger partial charge is 0.299 e. The van der Waals surface area contributed by atoms with Gasteiger partial charge in [-0.2, -0.15) is 0 Å². The third kappa shape index (κ3) is 3.07. The van der Waals surface area contributed by atoms with E-state index in [2.05, 4.69) is 11.8 Å². The third-order valence-corrected chi connectivity index (χ3v) is 4.29. The van der Waals surface area contributed by atoms with Gasteiger partial charge >= 0.3 is 0 Å². The Bertz CT molecular complexity index is 231. The Kier molecular flexibility index (Phi) is 4.39. The van der Waals surface area contributed by atoms with Crippen LogP contribution < -0.4 is 0 Å². The summed E-state index contributed by atoms with van der Waals surface area (Å²) in [5.74, 6) is 0.751. The van der Waals surface area contributed by atoms with Crippen molar-refractivity contribution in [3.05, 3.63) is 0 Å². The number of hydrogen-bond acceptors (Lipinski definition) is 2. The van der Waals surface area contributed by atoms with Crippen LogP contribution in [0.3, 0.4) is 0 Å². The summed E-state index contributed by atoms with van der Waals surface area (Å²) in [7, 11) is 0. The van der Waals surface area contributed by atoms with Crippen molar-refractivity contribution >= 4 is 5.78 Å². The molecule has 1 aliphatic heterocycles. The molecule has 0 amide bonds. The minimum absolute atomic E-state index is 0.277. The molecule has 0 bridgehead atoms. The van der Waals surface area contributed by atoms with Gasteiger partial charge in [-0.1, -0.05) is 39.0 Å². The zero-order valence-electron chi connectivity index (χ0n) is 10.6. The van der Waals surface area contributed by atoms with Gasteiger partial charge in [0, 0.05) is 31.5 Å². The van der Waals surface area contributed by atoms with E-state index in [9.17, 15) is 4.79 Å². The molecule has 2 heteroatoms. The first-order valence-corrected chi connectivity index (χ1v) is 7.04. The van der Waals surface area contributed by atoms with Crippen molar-refractivity contribution in [3.8, 4) is 0 Å². The van der Waals surface area contributed by atoms with E-state index in [4.69, 9.17) is 0 Å².